The molecule has 1 atom stereocenters. The molecule has 2 rings (SSSR count). The first-order valence-electron chi connectivity index (χ1n) is 7.43. The Hall–Kier alpha value is -1.75. The van der Waals surface area contributed by atoms with Gasteiger partial charge in [0.2, 0.25) is 5.91 Å². The van der Waals surface area contributed by atoms with E-state index >= 15 is 0 Å². The molecule has 1 saturated heterocycles. The number of hydrogen-bond donors (Lipinski definition) is 1. The first kappa shape index (κ1) is 15.6. The summed E-state index contributed by atoms with van der Waals surface area (Å²) in [4.78, 5) is 11.7. The van der Waals surface area contributed by atoms with Crippen LogP contribution in [0.25, 0.3) is 0 Å². The van der Waals surface area contributed by atoms with Crippen LogP contribution in [-0.2, 0) is 9.53 Å². The summed E-state index contributed by atoms with van der Waals surface area (Å²) >= 11 is 0. The smallest absolute Gasteiger partial charge is 0.220 e. The molecule has 1 heterocycles. The zero-order valence-electron chi connectivity index (χ0n) is 12.5. The Morgan fingerprint density at radius 2 is 2.19 bits per heavy atom. The highest BCUT2D eigenvalue weighted by molar-refractivity contribution is 5.75. The van der Waals surface area contributed by atoms with Gasteiger partial charge in [-0.3, -0.25) is 4.79 Å². The summed E-state index contributed by atoms with van der Waals surface area (Å²) in [5.74, 6) is 1.47. The van der Waals surface area contributed by atoms with Crippen LogP contribution in [0, 0.1) is 0 Å². The standard InChI is InChI=1S/C16H23NO4/c1-19-14-7-2-3-8-15(14)21-11-5-9-16(18)17-12-13-6-4-10-20-13/h2-3,7-8,13H,4-6,9-12H2,1H3,(H,17,18)/t13-/m0/s1. The molecule has 1 aromatic rings. The molecule has 1 aliphatic rings. The van der Waals surface area contributed by atoms with Gasteiger partial charge in [0.15, 0.2) is 11.5 Å². The van der Waals surface area contributed by atoms with Crippen LogP contribution in [0.4, 0.5) is 0 Å². The summed E-state index contributed by atoms with van der Waals surface area (Å²) in [5, 5.41) is 2.90. The largest absolute Gasteiger partial charge is 0.493 e. The third-order valence-electron chi connectivity index (χ3n) is 3.43. The number of carbonyl (C=O) groups is 1. The maximum Gasteiger partial charge on any atom is 0.220 e. The maximum atomic E-state index is 11.7. The third-order valence-corrected chi connectivity index (χ3v) is 3.43. The second kappa shape index (κ2) is 8.52. The van der Waals surface area contributed by atoms with Crippen molar-refractivity contribution in [1.29, 1.82) is 0 Å². The van der Waals surface area contributed by atoms with Crippen molar-refractivity contribution in [1.82, 2.24) is 5.32 Å². The highest BCUT2D eigenvalue weighted by atomic mass is 16.5. The number of para-hydroxylation sites is 2. The van der Waals surface area contributed by atoms with E-state index in [0.717, 1.165) is 19.4 Å². The normalized spacial score (nSPS) is 17.5. The molecule has 5 nitrogen and oxygen atoms in total. The van der Waals surface area contributed by atoms with Crippen LogP contribution in [0.5, 0.6) is 11.5 Å². The minimum absolute atomic E-state index is 0.0501. The van der Waals surface area contributed by atoms with Crippen LogP contribution in [-0.4, -0.2) is 38.9 Å². The molecule has 1 aromatic carbocycles. The van der Waals surface area contributed by atoms with Crippen molar-refractivity contribution in [2.75, 3.05) is 26.9 Å². The van der Waals surface area contributed by atoms with E-state index in [1.165, 1.54) is 0 Å². The van der Waals surface area contributed by atoms with Crippen molar-refractivity contribution in [2.24, 2.45) is 0 Å². The minimum atomic E-state index is 0.0501. The molecule has 0 aromatic heterocycles. The van der Waals surface area contributed by atoms with E-state index < -0.39 is 0 Å². The van der Waals surface area contributed by atoms with E-state index in [9.17, 15) is 4.79 Å². The molecule has 0 spiro atoms. The number of ether oxygens (including phenoxy) is 3. The van der Waals surface area contributed by atoms with Gasteiger partial charge < -0.3 is 19.5 Å². The molecule has 116 valence electrons. The van der Waals surface area contributed by atoms with Gasteiger partial charge in [-0.05, 0) is 31.4 Å². The lowest BCUT2D eigenvalue weighted by molar-refractivity contribution is -0.121. The fraction of sp³-hybridized carbons (Fsp3) is 0.562. The van der Waals surface area contributed by atoms with Gasteiger partial charge in [-0.15, -0.1) is 0 Å². The minimum Gasteiger partial charge on any atom is -0.493 e. The average Bonchev–Trinajstić information content (AvgIpc) is 3.03. The van der Waals surface area contributed by atoms with Crippen molar-refractivity contribution in [2.45, 2.75) is 31.8 Å². The van der Waals surface area contributed by atoms with Crippen LogP contribution >= 0.6 is 0 Å². The molecule has 0 aliphatic carbocycles. The van der Waals surface area contributed by atoms with Gasteiger partial charge >= 0.3 is 0 Å². The zero-order valence-corrected chi connectivity index (χ0v) is 12.5. The van der Waals surface area contributed by atoms with Crippen LogP contribution in [0.1, 0.15) is 25.7 Å². The molecule has 1 amide bonds. The van der Waals surface area contributed by atoms with E-state index in [-0.39, 0.29) is 12.0 Å². The molecule has 0 unspecified atom stereocenters. The molecule has 1 N–H and O–H groups in total. The van der Waals surface area contributed by atoms with Gasteiger partial charge in [0, 0.05) is 19.6 Å². The van der Waals surface area contributed by atoms with E-state index in [0.29, 0.717) is 37.5 Å². The molecular formula is C16H23NO4. The summed E-state index contributed by atoms with van der Waals surface area (Å²) < 4.78 is 16.3. The monoisotopic (exact) mass is 293 g/mol. The quantitative estimate of drug-likeness (QED) is 0.746. The van der Waals surface area contributed by atoms with Crippen LogP contribution < -0.4 is 14.8 Å². The highest BCUT2D eigenvalue weighted by Crippen LogP contribution is 2.25. The van der Waals surface area contributed by atoms with Gasteiger partial charge in [0.25, 0.3) is 0 Å². The molecule has 0 saturated carbocycles. The molecule has 21 heavy (non-hydrogen) atoms. The number of rotatable bonds is 8. The van der Waals surface area contributed by atoms with E-state index in [4.69, 9.17) is 14.2 Å². The van der Waals surface area contributed by atoms with Crippen molar-refractivity contribution in [3.63, 3.8) is 0 Å². The maximum absolute atomic E-state index is 11.7. The summed E-state index contributed by atoms with van der Waals surface area (Å²) in [6.45, 7) is 1.92. The van der Waals surface area contributed by atoms with Gasteiger partial charge in [-0.2, -0.15) is 0 Å². The molecule has 5 heteroatoms. The molecule has 1 fully saturated rings. The van der Waals surface area contributed by atoms with E-state index in [1.807, 2.05) is 24.3 Å². The lowest BCUT2D eigenvalue weighted by Crippen LogP contribution is -2.31. The topological polar surface area (TPSA) is 56.8 Å². The Morgan fingerprint density at radius 3 is 2.90 bits per heavy atom. The first-order chi connectivity index (χ1) is 10.3. The SMILES string of the molecule is COc1ccccc1OCCCC(=O)NC[C@@H]1CCCO1. The van der Waals surface area contributed by atoms with Crippen LogP contribution in [0.15, 0.2) is 24.3 Å². The number of amides is 1. The van der Waals surface area contributed by atoms with Gasteiger partial charge in [-0.25, -0.2) is 0 Å². The number of carbonyl (C=O) groups excluding carboxylic acids is 1. The van der Waals surface area contributed by atoms with Crippen molar-refractivity contribution >= 4 is 5.91 Å². The zero-order chi connectivity index (χ0) is 14.9. The second-order valence-electron chi connectivity index (χ2n) is 5.04. The number of hydrogen-bond acceptors (Lipinski definition) is 4. The van der Waals surface area contributed by atoms with Crippen molar-refractivity contribution in [3.8, 4) is 11.5 Å². The second-order valence-corrected chi connectivity index (χ2v) is 5.04. The first-order valence-corrected chi connectivity index (χ1v) is 7.43. The fourth-order valence-electron chi connectivity index (χ4n) is 2.27. The lowest BCUT2D eigenvalue weighted by atomic mass is 10.2. The summed E-state index contributed by atoms with van der Waals surface area (Å²) in [6.07, 6.45) is 3.46. The van der Waals surface area contributed by atoms with Gasteiger partial charge in [0.05, 0.1) is 19.8 Å². The van der Waals surface area contributed by atoms with Gasteiger partial charge in [0.1, 0.15) is 0 Å². The summed E-state index contributed by atoms with van der Waals surface area (Å²) in [7, 11) is 1.61. The third kappa shape index (κ3) is 5.27. The van der Waals surface area contributed by atoms with Crippen LogP contribution in [0.3, 0.4) is 0 Å². The lowest BCUT2D eigenvalue weighted by Gasteiger charge is -2.12. The Labute approximate surface area is 125 Å². The van der Waals surface area contributed by atoms with Gasteiger partial charge in [-0.1, -0.05) is 12.1 Å². The van der Waals surface area contributed by atoms with E-state index in [2.05, 4.69) is 5.32 Å². The summed E-state index contributed by atoms with van der Waals surface area (Å²) in [6, 6.07) is 7.50. The predicted octanol–water partition coefficient (Wildman–Crippen LogP) is 2.15. The predicted molar refractivity (Wildman–Crippen MR) is 79.7 cm³/mol. The Balaban J connectivity index is 1.59. The van der Waals surface area contributed by atoms with Crippen molar-refractivity contribution in [3.05, 3.63) is 24.3 Å². The number of methoxy groups -OCH3 is 1. The van der Waals surface area contributed by atoms with Crippen LogP contribution in [0.2, 0.25) is 0 Å². The number of nitrogens with one attached hydrogen (secondary N) is 1. The van der Waals surface area contributed by atoms with Crippen molar-refractivity contribution < 1.29 is 19.0 Å². The molecule has 0 radical (unpaired) electrons. The Kier molecular flexibility index (Phi) is 6.34. The Morgan fingerprint density at radius 1 is 1.38 bits per heavy atom. The number of benzene rings is 1. The fourth-order valence-corrected chi connectivity index (χ4v) is 2.27. The average molecular weight is 293 g/mol. The molecule has 1 aliphatic heterocycles. The Bertz CT molecular complexity index is 444. The molecular weight excluding hydrogens is 270 g/mol. The van der Waals surface area contributed by atoms with E-state index in [1.54, 1.807) is 7.11 Å². The molecule has 0 bridgehead atoms. The highest BCUT2D eigenvalue weighted by Gasteiger charge is 2.15. The summed E-state index contributed by atoms with van der Waals surface area (Å²) in [5.41, 5.74) is 0.